The summed E-state index contributed by atoms with van der Waals surface area (Å²) in [6.45, 7) is 2.29. The molecule has 0 bridgehead atoms. The first-order valence-corrected chi connectivity index (χ1v) is 13.5. The fourth-order valence-electron chi connectivity index (χ4n) is 6.19. The lowest BCUT2D eigenvalue weighted by molar-refractivity contribution is 0.589. The molecule has 0 unspecified atom stereocenters. The summed E-state index contributed by atoms with van der Waals surface area (Å²) < 4.78 is 0. The molecule has 0 saturated carbocycles. The number of aryl methyl sites for hydroxylation is 1. The summed E-state index contributed by atoms with van der Waals surface area (Å²) in [6.07, 6.45) is 10.5. The summed E-state index contributed by atoms with van der Waals surface area (Å²) in [4.78, 5) is 0. The van der Waals surface area contributed by atoms with E-state index < -0.39 is 0 Å². The van der Waals surface area contributed by atoms with Crippen LogP contribution >= 0.6 is 0 Å². The van der Waals surface area contributed by atoms with Crippen LogP contribution in [0.4, 0.5) is 0 Å². The van der Waals surface area contributed by atoms with E-state index in [1.54, 1.807) is 0 Å². The highest BCUT2D eigenvalue weighted by Gasteiger charge is 2.19. The minimum Gasteiger partial charge on any atom is -0.0654 e. The van der Waals surface area contributed by atoms with Crippen LogP contribution in [0, 0.1) is 0 Å². The van der Waals surface area contributed by atoms with E-state index in [9.17, 15) is 0 Å². The lowest BCUT2D eigenvalue weighted by Gasteiger charge is -2.20. The van der Waals surface area contributed by atoms with E-state index in [1.807, 2.05) is 0 Å². The van der Waals surface area contributed by atoms with Gasteiger partial charge in [0.1, 0.15) is 0 Å². The summed E-state index contributed by atoms with van der Waals surface area (Å²) in [5.74, 6) is 0. The molecule has 35 heavy (non-hydrogen) atoms. The Morgan fingerprint density at radius 2 is 1.11 bits per heavy atom. The molecular formula is C35H34. The van der Waals surface area contributed by atoms with Crippen LogP contribution < -0.4 is 0 Å². The zero-order valence-electron chi connectivity index (χ0n) is 20.8. The zero-order chi connectivity index (χ0) is 23.6. The van der Waals surface area contributed by atoms with Crippen LogP contribution in [0.15, 0.2) is 91.0 Å². The number of unbranched alkanes of at least 4 members (excludes halogenated alkanes) is 6. The van der Waals surface area contributed by atoms with Crippen molar-refractivity contribution in [3.63, 3.8) is 0 Å². The molecule has 0 amide bonds. The zero-order valence-corrected chi connectivity index (χ0v) is 20.8. The Balaban J connectivity index is 1.57. The highest BCUT2D eigenvalue weighted by Crippen LogP contribution is 2.45. The number of fused-ring (bicyclic) bond motifs is 2. The number of benzene rings is 6. The second-order valence-electron chi connectivity index (χ2n) is 10.1. The Morgan fingerprint density at radius 3 is 1.86 bits per heavy atom. The molecule has 0 radical (unpaired) electrons. The van der Waals surface area contributed by atoms with Gasteiger partial charge in [-0.05, 0) is 72.6 Å². The van der Waals surface area contributed by atoms with E-state index in [-0.39, 0.29) is 0 Å². The highest BCUT2D eigenvalue weighted by atomic mass is 14.2. The van der Waals surface area contributed by atoms with Gasteiger partial charge in [-0.1, -0.05) is 136 Å². The van der Waals surface area contributed by atoms with Gasteiger partial charge in [0.05, 0.1) is 0 Å². The maximum Gasteiger partial charge on any atom is -0.00113 e. The van der Waals surface area contributed by atoms with Gasteiger partial charge in [0.15, 0.2) is 0 Å². The van der Waals surface area contributed by atoms with Crippen molar-refractivity contribution in [2.24, 2.45) is 0 Å². The first-order valence-electron chi connectivity index (χ1n) is 13.5. The third-order valence-electron chi connectivity index (χ3n) is 7.82. The van der Waals surface area contributed by atoms with Gasteiger partial charge in [-0.25, -0.2) is 0 Å². The lowest BCUT2D eigenvalue weighted by atomic mass is 9.83. The largest absolute Gasteiger partial charge is 0.0654 e. The second kappa shape index (κ2) is 9.70. The molecule has 0 heterocycles. The Bertz CT molecular complexity index is 1580. The molecule has 0 aromatic heterocycles. The average Bonchev–Trinajstić information content (AvgIpc) is 2.91. The molecule has 0 aliphatic heterocycles. The lowest BCUT2D eigenvalue weighted by Crippen LogP contribution is -1.96. The van der Waals surface area contributed by atoms with Crippen LogP contribution in [0.1, 0.15) is 57.4 Å². The van der Waals surface area contributed by atoms with Gasteiger partial charge in [-0.2, -0.15) is 0 Å². The van der Waals surface area contributed by atoms with Crippen molar-refractivity contribution in [1.82, 2.24) is 0 Å². The minimum absolute atomic E-state index is 1.14. The van der Waals surface area contributed by atoms with Crippen molar-refractivity contribution >= 4 is 43.1 Å². The van der Waals surface area contributed by atoms with Crippen molar-refractivity contribution in [1.29, 1.82) is 0 Å². The predicted octanol–water partition coefficient (Wildman–Crippen LogP) is 10.7. The Hall–Kier alpha value is -3.38. The summed E-state index contributed by atoms with van der Waals surface area (Å²) in [6, 6.07) is 34.1. The molecule has 6 aromatic carbocycles. The van der Waals surface area contributed by atoms with Crippen LogP contribution in [0.2, 0.25) is 0 Å². The summed E-state index contributed by atoms with van der Waals surface area (Å²) >= 11 is 0. The first-order chi connectivity index (χ1) is 17.4. The van der Waals surface area contributed by atoms with Crippen molar-refractivity contribution < 1.29 is 0 Å². The maximum absolute atomic E-state index is 2.50. The Kier molecular flexibility index (Phi) is 6.13. The van der Waals surface area contributed by atoms with Crippen LogP contribution in [0.5, 0.6) is 0 Å². The minimum atomic E-state index is 1.14. The highest BCUT2D eigenvalue weighted by molar-refractivity contribution is 6.35. The van der Waals surface area contributed by atoms with E-state index in [4.69, 9.17) is 0 Å². The molecule has 0 saturated heterocycles. The molecule has 174 valence electrons. The fourth-order valence-corrected chi connectivity index (χ4v) is 6.19. The van der Waals surface area contributed by atoms with Gasteiger partial charge < -0.3 is 0 Å². The molecule has 0 nitrogen and oxygen atoms in total. The smallest absolute Gasteiger partial charge is 0.00113 e. The fraction of sp³-hybridized carbons (Fsp3) is 0.257. The summed E-state index contributed by atoms with van der Waals surface area (Å²) in [5, 5.41) is 11.1. The molecule has 0 fully saturated rings. The van der Waals surface area contributed by atoms with Crippen LogP contribution in [-0.2, 0) is 6.42 Å². The molecule has 0 spiro atoms. The van der Waals surface area contributed by atoms with E-state index in [0.29, 0.717) is 0 Å². The molecule has 0 aliphatic carbocycles. The monoisotopic (exact) mass is 454 g/mol. The SMILES string of the molecule is CCCCCCCCCc1cc2cccc3c4cccc5cccc(c(c1-c1ccccc1)c23)c54. The van der Waals surface area contributed by atoms with Crippen molar-refractivity contribution in [3.05, 3.63) is 96.6 Å². The Labute approximate surface area is 208 Å². The predicted molar refractivity (Wildman–Crippen MR) is 155 cm³/mol. The van der Waals surface area contributed by atoms with Gasteiger partial charge in [0.2, 0.25) is 0 Å². The van der Waals surface area contributed by atoms with Crippen LogP contribution in [0.3, 0.4) is 0 Å². The molecule has 0 atom stereocenters. The maximum atomic E-state index is 2.50. The molecule has 6 aromatic rings. The normalized spacial score (nSPS) is 11.9. The van der Waals surface area contributed by atoms with Gasteiger partial charge >= 0.3 is 0 Å². The number of hydrogen-bond acceptors (Lipinski definition) is 0. The number of rotatable bonds is 9. The van der Waals surface area contributed by atoms with E-state index in [1.165, 1.54) is 105 Å². The van der Waals surface area contributed by atoms with Crippen molar-refractivity contribution in [3.8, 4) is 11.1 Å². The molecule has 0 aliphatic rings. The Morgan fingerprint density at radius 1 is 0.486 bits per heavy atom. The second-order valence-corrected chi connectivity index (χ2v) is 10.1. The van der Waals surface area contributed by atoms with E-state index in [2.05, 4.69) is 97.9 Å². The number of hydrogen-bond donors (Lipinski definition) is 0. The van der Waals surface area contributed by atoms with Crippen molar-refractivity contribution in [2.75, 3.05) is 0 Å². The molecule has 0 N–H and O–H groups in total. The quantitative estimate of drug-likeness (QED) is 0.116. The summed E-state index contributed by atoms with van der Waals surface area (Å²) in [5.41, 5.74) is 4.29. The van der Waals surface area contributed by atoms with Gasteiger partial charge in [-0.15, -0.1) is 0 Å². The summed E-state index contributed by atoms with van der Waals surface area (Å²) in [7, 11) is 0. The van der Waals surface area contributed by atoms with Gasteiger partial charge in [-0.3, -0.25) is 0 Å². The van der Waals surface area contributed by atoms with E-state index >= 15 is 0 Å². The van der Waals surface area contributed by atoms with Crippen LogP contribution in [0.25, 0.3) is 54.2 Å². The van der Waals surface area contributed by atoms with Gasteiger partial charge in [0, 0.05) is 0 Å². The van der Waals surface area contributed by atoms with Crippen molar-refractivity contribution in [2.45, 2.75) is 58.3 Å². The van der Waals surface area contributed by atoms with E-state index in [0.717, 1.165) is 6.42 Å². The molecule has 6 rings (SSSR count). The standard InChI is InChI=1S/C35H34/c1-2-3-4-5-6-7-9-17-27-24-28-20-14-22-30-29-21-12-18-26-19-13-23-31(33(26)29)35(34(28)30)32(27)25-15-10-8-11-16-25/h8,10-16,18-24H,2-7,9,17H2,1H3. The molecule has 0 heteroatoms. The topological polar surface area (TPSA) is 0 Å². The average molecular weight is 455 g/mol. The van der Waals surface area contributed by atoms with Crippen LogP contribution in [-0.4, -0.2) is 0 Å². The third kappa shape index (κ3) is 3.96. The molecular weight excluding hydrogens is 420 g/mol. The van der Waals surface area contributed by atoms with Gasteiger partial charge in [0.25, 0.3) is 0 Å². The first kappa shape index (κ1) is 22.1. The third-order valence-corrected chi connectivity index (χ3v) is 7.82.